The molecule has 0 spiro atoms. The van der Waals surface area contributed by atoms with Gasteiger partial charge in [0.25, 0.3) is 0 Å². The van der Waals surface area contributed by atoms with Crippen LogP contribution in [-0.2, 0) is 9.53 Å². The average Bonchev–Trinajstić information content (AvgIpc) is 2.65. The highest BCUT2D eigenvalue weighted by molar-refractivity contribution is 5.73. The number of rotatable bonds is 4. The molecule has 144 valence electrons. The molecule has 0 bridgehead atoms. The summed E-state index contributed by atoms with van der Waals surface area (Å²) in [6.07, 6.45) is 2.64. The number of unbranched alkanes of at least 4 members (excludes halogenated alkanes) is 1. The van der Waals surface area contributed by atoms with E-state index in [1.54, 1.807) is 14.0 Å². The lowest BCUT2D eigenvalue weighted by atomic mass is 10.3. The molecular weight excluding hydrogens is 288 g/mol. The number of piperazine rings is 1. The highest BCUT2D eigenvalue weighted by Crippen LogP contribution is 2.01. The molecule has 1 saturated heterocycles. The van der Waals surface area contributed by atoms with Crippen LogP contribution in [0, 0.1) is 0 Å². The van der Waals surface area contributed by atoms with Crippen LogP contribution in [-0.4, -0.2) is 62.1 Å². The number of carbonyl (C=O) groups excluding carboxylic acids is 1. The minimum Gasteiger partial charge on any atom is -0.383 e. The molecule has 1 heterocycles. The van der Waals surface area contributed by atoms with E-state index in [4.69, 9.17) is 4.74 Å². The maximum absolute atomic E-state index is 11.0. The summed E-state index contributed by atoms with van der Waals surface area (Å²) in [6, 6.07) is 0. The molecule has 0 aromatic heterocycles. The van der Waals surface area contributed by atoms with Crippen LogP contribution in [0.5, 0.6) is 0 Å². The fraction of sp³-hybridized carbons (Fsp3) is 0.947. The third kappa shape index (κ3) is 23.8. The predicted molar refractivity (Wildman–Crippen MR) is 105 cm³/mol. The average molecular weight is 335 g/mol. The molecule has 0 radical (unpaired) electrons. The second-order valence-corrected chi connectivity index (χ2v) is 4.34. The first-order valence-electron chi connectivity index (χ1n) is 9.62. The number of ether oxygens (including phenoxy) is 1. The van der Waals surface area contributed by atoms with E-state index in [1.807, 2.05) is 46.4 Å². The van der Waals surface area contributed by atoms with Crippen molar-refractivity contribution < 1.29 is 9.53 Å². The Bertz CT molecular complexity index is 190. The van der Waals surface area contributed by atoms with E-state index in [1.165, 1.54) is 12.8 Å². The number of amides is 1. The zero-order chi connectivity index (χ0) is 19.1. The summed E-state index contributed by atoms with van der Waals surface area (Å²) in [5.74, 6) is 0.186. The first-order chi connectivity index (χ1) is 11.2. The molecule has 4 nitrogen and oxygen atoms in total. The summed E-state index contributed by atoms with van der Waals surface area (Å²) in [5, 5.41) is 0. The van der Waals surface area contributed by atoms with Gasteiger partial charge in [0, 0.05) is 46.8 Å². The van der Waals surface area contributed by atoms with Crippen molar-refractivity contribution in [1.29, 1.82) is 0 Å². The monoisotopic (exact) mass is 334 g/mol. The molecule has 4 heteroatoms. The van der Waals surface area contributed by atoms with Crippen LogP contribution in [0.4, 0.5) is 0 Å². The van der Waals surface area contributed by atoms with Crippen LogP contribution < -0.4 is 0 Å². The number of carbonyl (C=O) groups is 1. The maximum atomic E-state index is 11.0. The van der Waals surface area contributed by atoms with Crippen molar-refractivity contribution in [2.24, 2.45) is 0 Å². The predicted octanol–water partition coefficient (Wildman–Crippen LogP) is 4.68. The lowest BCUT2D eigenvalue weighted by Gasteiger charge is -2.33. The molecule has 0 aromatic rings. The molecule has 1 aliphatic rings. The summed E-state index contributed by atoms with van der Waals surface area (Å²) < 4.78 is 5.00. The van der Waals surface area contributed by atoms with Gasteiger partial charge in [-0.05, 0) is 0 Å². The molecule has 1 rings (SSSR count). The number of methoxy groups -OCH3 is 1. The SMILES string of the molecule is CC.CC.CC.CCCC.COCCN1CCN(C(C)=O)CC1. The molecule has 1 aliphatic heterocycles. The van der Waals surface area contributed by atoms with Gasteiger partial charge in [-0.25, -0.2) is 0 Å². The fourth-order valence-electron chi connectivity index (χ4n) is 1.51. The van der Waals surface area contributed by atoms with Gasteiger partial charge >= 0.3 is 0 Å². The van der Waals surface area contributed by atoms with Gasteiger partial charge in [-0.2, -0.15) is 0 Å². The van der Waals surface area contributed by atoms with E-state index < -0.39 is 0 Å². The fourth-order valence-corrected chi connectivity index (χ4v) is 1.51. The summed E-state index contributed by atoms with van der Waals surface area (Å²) >= 11 is 0. The van der Waals surface area contributed by atoms with Gasteiger partial charge in [-0.3, -0.25) is 9.69 Å². The Morgan fingerprint density at radius 2 is 1.26 bits per heavy atom. The molecule has 0 atom stereocenters. The third-order valence-corrected chi connectivity index (χ3v) is 2.93. The van der Waals surface area contributed by atoms with Crippen LogP contribution in [0.15, 0.2) is 0 Å². The van der Waals surface area contributed by atoms with E-state index in [9.17, 15) is 4.79 Å². The van der Waals surface area contributed by atoms with Crippen molar-refractivity contribution in [1.82, 2.24) is 9.80 Å². The van der Waals surface area contributed by atoms with Crippen LogP contribution in [0.3, 0.4) is 0 Å². The minimum atomic E-state index is 0.186. The van der Waals surface area contributed by atoms with Crippen molar-refractivity contribution in [2.45, 2.75) is 75.2 Å². The zero-order valence-corrected chi connectivity index (χ0v) is 17.9. The van der Waals surface area contributed by atoms with Gasteiger partial charge in [0.1, 0.15) is 0 Å². The Hall–Kier alpha value is -0.610. The second kappa shape index (κ2) is 29.4. The Morgan fingerprint density at radius 1 is 0.870 bits per heavy atom. The Morgan fingerprint density at radius 3 is 1.52 bits per heavy atom. The van der Waals surface area contributed by atoms with Gasteiger partial charge in [0.2, 0.25) is 5.91 Å². The van der Waals surface area contributed by atoms with Crippen LogP contribution in [0.1, 0.15) is 75.2 Å². The standard InChI is InChI=1S/C9H18N2O2.C4H10.3C2H6/c1-9(12)11-5-3-10(4-6-11)7-8-13-2;1-3-4-2;3*1-2/h3-8H2,1-2H3;3-4H2,1-2H3;3*1-2H3. The van der Waals surface area contributed by atoms with Crippen LogP contribution in [0.25, 0.3) is 0 Å². The molecule has 0 unspecified atom stereocenters. The highest BCUT2D eigenvalue weighted by Gasteiger charge is 2.17. The van der Waals surface area contributed by atoms with E-state index in [0.717, 1.165) is 39.3 Å². The van der Waals surface area contributed by atoms with E-state index in [2.05, 4.69) is 18.7 Å². The van der Waals surface area contributed by atoms with Gasteiger partial charge in [0.05, 0.1) is 6.61 Å². The van der Waals surface area contributed by atoms with Crippen molar-refractivity contribution >= 4 is 5.91 Å². The molecule has 1 amide bonds. The third-order valence-electron chi connectivity index (χ3n) is 2.93. The summed E-state index contributed by atoms with van der Waals surface area (Å²) in [7, 11) is 1.71. The Balaban J connectivity index is -0.000000152. The second-order valence-electron chi connectivity index (χ2n) is 4.34. The largest absolute Gasteiger partial charge is 0.383 e. The van der Waals surface area contributed by atoms with Crippen molar-refractivity contribution in [3.63, 3.8) is 0 Å². The lowest BCUT2D eigenvalue weighted by Crippen LogP contribution is -2.48. The normalized spacial score (nSPS) is 12.9. The first-order valence-corrected chi connectivity index (χ1v) is 9.62. The van der Waals surface area contributed by atoms with E-state index in [0.29, 0.717) is 0 Å². The van der Waals surface area contributed by atoms with Gasteiger partial charge < -0.3 is 9.64 Å². The summed E-state index contributed by atoms with van der Waals surface area (Å²) in [6.45, 7) is 23.4. The zero-order valence-electron chi connectivity index (χ0n) is 17.9. The van der Waals surface area contributed by atoms with Gasteiger partial charge in [-0.1, -0.05) is 68.2 Å². The smallest absolute Gasteiger partial charge is 0.219 e. The number of hydrogen-bond acceptors (Lipinski definition) is 3. The lowest BCUT2D eigenvalue weighted by molar-refractivity contribution is -0.130. The van der Waals surface area contributed by atoms with Crippen LogP contribution >= 0.6 is 0 Å². The summed E-state index contributed by atoms with van der Waals surface area (Å²) in [5.41, 5.74) is 0. The molecule has 0 saturated carbocycles. The van der Waals surface area contributed by atoms with Crippen LogP contribution in [0.2, 0.25) is 0 Å². The minimum absolute atomic E-state index is 0.186. The molecule has 0 aromatic carbocycles. The van der Waals surface area contributed by atoms with Crippen molar-refractivity contribution in [2.75, 3.05) is 46.4 Å². The van der Waals surface area contributed by atoms with E-state index >= 15 is 0 Å². The number of hydrogen-bond donors (Lipinski definition) is 0. The first kappa shape index (κ1) is 30.3. The van der Waals surface area contributed by atoms with Crippen molar-refractivity contribution in [3.05, 3.63) is 0 Å². The molecular formula is C19H46N2O2. The topological polar surface area (TPSA) is 32.8 Å². The van der Waals surface area contributed by atoms with Crippen molar-refractivity contribution in [3.8, 4) is 0 Å². The molecule has 0 aliphatic carbocycles. The Labute approximate surface area is 147 Å². The van der Waals surface area contributed by atoms with Gasteiger partial charge in [0.15, 0.2) is 0 Å². The number of nitrogens with zero attached hydrogens (tertiary/aromatic N) is 2. The quantitative estimate of drug-likeness (QED) is 0.748. The molecule has 23 heavy (non-hydrogen) atoms. The molecule has 1 fully saturated rings. The molecule has 0 N–H and O–H groups in total. The van der Waals surface area contributed by atoms with E-state index in [-0.39, 0.29) is 5.91 Å². The van der Waals surface area contributed by atoms with Gasteiger partial charge in [-0.15, -0.1) is 0 Å². The Kier molecular flexibility index (Phi) is 38.7. The highest BCUT2D eigenvalue weighted by atomic mass is 16.5. The summed E-state index contributed by atoms with van der Waals surface area (Å²) in [4.78, 5) is 15.2. The maximum Gasteiger partial charge on any atom is 0.219 e.